The van der Waals surface area contributed by atoms with Crippen LogP contribution < -0.4 is 0 Å². The van der Waals surface area contributed by atoms with E-state index >= 15 is 0 Å². The first-order valence-electron chi connectivity index (χ1n) is 4.36. The molecule has 0 amide bonds. The first kappa shape index (κ1) is 14.0. The van der Waals surface area contributed by atoms with Crippen molar-refractivity contribution in [3.05, 3.63) is 35.1 Å². The summed E-state index contributed by atoms with van der Waals surface area (Å²) >= 11 is 2.78. The number of methoxy groups -OCH3 is 1. The lowest BCUT2D eigenvalue weighted by Crippen LogP contribution is -2.15. The van der Waals surface area contributed by atoms with Gasteiger partial charge in [0.1, 0.15) is 10.6 Å². The number of rotatable bonds is 2. The van der Waals surface area contributed by atoms with E-state index < -0.39 is 28.4 Å². The zero-order chi connectivity index (χ0) is 13.2. The standard InChI is InChI=1S/C10H7BrF4O2/c1-17-9(16)8(11)6-3-2-5(12)4-7(6)10(13,14)15/h2-4,8H,1H3. The predicted molar refractivity (Wildman–Crippen MR) is 55.1 cm³/mol. The molecule has 7 heteroatoms. The monoisotopic (exact) mass is 314 g/mol. The Balaban J connectivity index is 3.29. The zero-order valence-corrected chi connectivity index (χ0v) is 10.1. The Bertz CT molecular complexity index is 431. The molecule has 0 N–H and O–H groups in total. The van der Waals surface area contributed by atoms with Crippen molar-refractivity contribution in [1.82, 2.24) is 0 Å². The van der Waals surface area contributed by atoms with Gasteiger partial charge in [-0.05, 0) is 17.7 Å². The van der Waals surface area contributed by atoms with Gasteiger partial charge in [0.25, 0.3) is 0 Å². The van der Waals surface area contributed by atoms with Gasteiger partial charge < -0.3 is 4.74 Å². The van der Waals surface area contributed by atoms with E-state index in [1.54, 1.807) is 0 Å². The molecule has 0 fully saturated rings. The summed E-state index contributed by atoms with van der Waals surface area (Å²) in [6, 6.07) is 2.09. The van der Waals surface area contributed by atoms with Crippen LogP contribution in [0.3, 0.4) is 0 Å². The molecule has 17 heavy (non-hydrogen) atoms. The molecule has 94 valence electrons. The van der Waals surface area contributed by atoms with E-state index in [1.165, 1.54) is 0 Å². The van der Waals surface area contributed by atoms with E-state index in [2.05, 4.69) is 20.7 Å². The predicted octanol–water partition coefficient (Wildman–Crippen LogP) is 3.45. The summed E-state index contributed by atoms with van der Waals surface area (Å²) in [6.07, 6.45) is -4.74. The number of hydrogen-bond acceptors (Lipinski definition) is 2. The van der Waals surface area contributed by atoms with Gasteiger partial charge in [-0.3, -0.25) is 4.79 Å². The summed E-state index contributed by atoms with van der Waals surface area (Å²) in [7, 11) is 1.05. The van der Waals surface area contributed by atoms with Crippen LogP contribution in [0.1, 0.15) is 16.0 Å². The SMILES string of the molecule is COC(=O)C(Br)c1ccc(F)cc1C(F)(F)F. The molecule has 0 radical (unpaired) electrons. The Kier molecular flexibility index (Phi) is 4.13. The summed E-state index contributed by atoms with van der Waals surface area (Å²) in [4.78, 5) is 9.86. The largest absolute Gasteiger partial charge is 0.468 e. The maximum atomic E-state index is 12.8. The van der Waals surface area contributed by atoms with Gasteiger partial charge in [0, 0.05) is 0 Å². The van der Waals surface area contributed by atoms with Gasteiger partial charge in [0.15, 0.2) is 0 Å². The minimum Gasteiger partial charge on any atom is -0.468 e. The third kappa shape index (κ3) is 3.18. The Labute approximate surface area is 103 Å². The average molecular weight is 315 g/mol. The zero-order valence-electron chi connectivity index (χ0n) is 8.52. The molecule has 1 atom stereocenters. The van der Waals surface area contributed by atoms with Crippen LogP contribution in [-0.4, -0.2) is 13.1 Å². The number of carbonyl (C=O) groups excluding carboxylic acids is 1. The maximum Gasteiger partial charge on any atom is 0.416 e. The highest BCUT2D eigenvalue weighted by atomic mass is 79.9. The molecular formula is C10H7BrF4O2. The minimum atomic E-state index is -4.74. The number of carbonyl (C=O) groups is 1. The molecule has 0 saturated carbocycles. The molecule has 1 aromatic rings. The van der Waals surface area contributed by atoms with Crippen molar-refractivity contribution < 1.29 is 27.1 Å². The summed E-state index contributed by atoms with van der Waals surface area (Å²) < 4.78 is 55.0. The summed E-state index contributed by atoms with van der Waals surface area (Å²) in [5.41, 5.74) is -1.59. The quantitative estimate of drug-likeness (QED) is 0.475. The highest BCUT2D eigenvalue weighted by molar-refractivity contribution is 9.09. The summed E-state index contributed by atoms with van der Waals surface area (Å²) in [5.74, 6) is -1.91. The number of benzene rings is 1. The Morgan fingerprint density at radius 3 is 2.47 bits per heavy atom. The third-order valence-corrected chi connectivity index (χ3v) is 2.87. The van der Waals surface area contributed by atoms with E-state index in [0.29, 0.717) is 6.07 Å². The lowest BCUT2D eigenvalue weighted by Gasteiger charge is -2.15. The van der Waals surface area contributed by atoms with Gasteiger partial charge in [0.2, 0.25) is 0 Å². The van der Waals surface area contributed by atoms with E-state index in [0.717, 1.165) is 19.2 Å². The van der Waals surface area contributed by atoms with Crippen molar-refractivity contribution in [2.24, 2.45) is 0 Å². The van der Waals surface area contributed by atoms with E-state index in [9.17, 15) is 22.4 Å². The third-order valence-electron chi connectivity index (χ3n) is 2.00. The van der Waals surface area contributed by atoms with Crippen LogP contribution in [0.25, 0.3) is 0 Å². The fraction of sp³-hybridized carbons (Fsp3) is 0.300. The van der Waals surface area contributed by atoms with Gasteiger partial charge in [0.05, 0.1) is 12.7 Å². The van der Waals surface area contributed by atoms with E-state index in [-0.39, 0.29) is 5.56 Å². The van der Waals surface area contributed by atoms with Crippen molar-refractivity contribution in [1.29, 1.82) is 0 Å². The molecule has 1 rings (SSSR count). The number of alkyl halides is 4. The molecular weight excluding hydrogens is 308 g/mol. The highest BCUT2D eigenvalue weighted by Crippen LogP contribution is 2.38. The Morgan fingerprint density at radius 1 is 1.41 bits per heavy atom. The number of esters is 1. The van der Waals surface area contributed by atoms with Crippen molar-refractivity contribution in [3.8, 4) is 0 Å². The van der Waals surface area contributed by atoms with Crippen LogP contribution in [0.15, 0.2) is 18.2 Å². The van der Waals surface area contributed by atoms with Crippen LogP contribution in [-0.2, 0) is 15.7 Å². The van der Waals surface area contributed by atoms with Gasteiger partial charge in [-0.2, -0.15) is 13.2 Å². The molecule has 0 aliphatic rings. The molecule has 2 nitrogen and oxygen atoms in total. The molecule has 0 aromatic heterocycles. The number of halogens is 5. The van der Waals surface area contributed by atoms with Crippen LogP contribution in [0.2, 0.25) is 0 Å². The maximum absolute atomic E-state index is 12.8. The topological polar surface area (TPSA) is 26.3 Å². The molecule has 0 aliphatic carbocycles. The van der Waals surface area contributed by atoms with Crippen LogP contribution in [0.5, 0.6) is 0 Å². The summed E-state index contributed by atoms with van der Waals surface area (Å²) in [5, 5.41) is 0. The van der Waals surface area contributed by atoms with Gasteiger partial charge >= 0.3 is 12.1 Å². The molecule has 1 unspecified atom stereocenters. The lowest BCUT2D eigenvalue weighted by molar-refractivity contribution is -0.141. The Hall–Kier alpha value is -1.11. The van der Waals surface area contributed by atoms with Crippen molar-refractivity contribution in [2.75, 3.05) is 7.11 Å². The van der Waals surface area contributed by atoms with Crippen LogP contribution >= 0.6 is 15.9 Å². The number of hydrogen-bond donors (Lipinski definition) is 0. The molecule has 0 spiro atoms. The smallest absolute Gasteiger partial charge is 0.416 e. The molecule has 0 aliphatic heterocycles. The first-order valence-corrected chi connectivity index (χ1v) is 5.27. The van der Waals surface area contributed by atoms with Crippen molar-refractivity contribution >= 4 is 21.9 Å². The molecule has 1 aromatic carbocycles. The van der Waals surface area contributed by atoms with E-state index in [1.807, 2.05) is 0 Å². The van der Waals surface area contributed by atoms with Crippen LogP contribution in [0, 0.1) is 5.82 Å². The second-order valence-corrected chi connectivity index (χ2v) is 4.03. The first-order chi connectivity index (χ1) is 7.77. The van der Waals surface area contributed by atoms with Crippen molar-refractivity contribution in [2.45, 2.75) is 11.0 Å². The van der Waals surface area contributed by atoms with Crippen LogP contribution in [0.4, 0.5) is 17.6 Å². The fourth-order valence-electron chi connectivity index (χ4n) is 1.23. The highest BCUT2D eigenvalue weighted by Gasteiger charge is 2.37. The molecule has 0 saturated heterocycles. The lowest BCUT2D eigenvalue weighted by atomic mass is 10.0. The van der Waals surface area contributed by atoms with Crippen molar-refractivity contribution in [3.63, 3.8) is 0 Å². The Morgan fingerprint density at radius 2 is 2.00 bits per heavy atom. The average Bonchev–Trinajstić information content (AvgIpc) is 2.25. The second kappa shape index (κ2) is 5.03. The van der Waals surface area contributed by atoms with Gasteiger partial charge in [-0.1, -0.05) is 22.0 Å². The normalized spacial score (nSPS) is 13.3. The minimum absolute atomic E-state index is 0.340. The van der Waals surface area contributed by atoms with E-state index in [4.69, 9.17) is 0 Å². The number of ether oxygens (including phenoxy) is 1. The molecule has 0 bridgehead atoms. The van der Waals surface area contributed by atoms with Gasteiger partial charge in [-0.15, -0.1) is 0 Å². The molecule has 0 heterocycles. The fourth-order valence-corrected chi connectivity index (χ4v) is 1.81. The van der Waals surface area contributed by atoms with Gasteiger partial charge in [-0.25, -0.2) is 4.39 Å². The second-order valence-electron chi connectivity index (χ2n) is 3.12. The summed E-state index contributed by atoms with van der Waals surface area (Å²) in [6.45, 7) is 0.